The summed E-state index contributed by atoms with van der Waals surface area (Å²) in [5.74, 6) is 0. The molecular weight excluding hydrogens is 314 g/mol. The van der Waals surface area contributed by atoms with Gasteiger partial charge in [0.25, 0.3) is 0 Å². The van der Waals surface area contributed by atoms with Crippen LogP contribution in [0.25, 0.3) is 0 Å². The van der Waals surface area contributed by atoms with Gasteiger partial charge in [0.15, 0.2) is 0 Å². The van der Waals surface area contributed by atoms with E-state index >= 15 is 0 Å². The number of hydrogen-bond acceptors (Lipinski definition) is 2. The Balaban J connectivity index is 2.04. The Bertz CT molecular complexity index is 525. The van der Waals surface area contributed by atoms with Crippen LogP contribution < -0.4 is 5.32 Å². The maximum atomic E-state index is 5.91. The van der Waals surface area contributed by atoms with Crippen LogP contribution in [0, 0.1) is 0 Å². The van der Waals surface area contributed by atoms with Crippen molar-refractivity contribution in [2.45, 2.75) is 26.4 Å². The van der Waals surface area contributed by atoms with Crippen LogP contribution in [0.1, 0.15) is 19.0 Å². The van der Waals surface area contributed by atoms with Crippen LogP contribution >= 0.6 is 27.5 Å². The summed E-state index contributed by atoms with van der Waals surface area (Å²) in [6.45, 7) is 3.85. The molecule has 2 rings (SSSR count). The summed E-state index contributed by atoms with van der Waals surface area (Å²) in [5.41, 5.74) is 2.21. The number of nitrogens with zero attached hydrogens (tertiary/aromatic N) is 2. The molecule has 18 heavy (non-hydrogen) atoms. The van der Waals surface area contributed by atoms with E-state index in [9.17, 15) is 0 Å². The van der Waals surface area contributed by atoms with E-state index in [4.69, 9.17) is 11.6 Å². The molecule has 0 saturated carbocycles. The van der Waals surface area contributed by atoms with Gasteiger partial charge in [-0.25, -0.2) is 0 Å². The lowest BCUT2D eigenvalue weighted by Gasteiger charge is -2.10. The highest BCUT2D eigenvalue weighted by Crippen LogP contribution is 2.26. The quantitative estimate of drug-likeness (QED) is 0.886. The van der Waals surface area contributed by atoms with Crippen molar-refractivity contribution in [1.29, 1.82) is 0 Å². The average Bonchev–Trinajstić information content (AvgIpc) is 2.76. The molecule has 0 saturated heterocycles. The molecule has 0 unspecified atom stereocenters. The zero-order valence-electron chi connectivity index (χ0n) is 10.2. The van der Waals surface area contributed by atoms with Crippen LogP contribution in [0.2, 0.25) is 5.02 Å². The SMILES string of the molecule is CCCn1nccc1CNc1ccc(Cl)cc1Br. The first-order chi connectivity index (χ1) is 8.70. The van der Waals surface area contributed by atoms with E-state index in [0.29, 0.717) is 0 Å². The van der Waals surface area contributed by atoms with Gasteiger partial charge in [-0.3, -0.25) is 4.68 Å². The third-order valence-electron chi connectivity index (χ3n) is 2.63. The molecule has 2 aromatic rings. The minimum atomic E-state index is 0.725. The van der Waals surface area contributed by atoms with Crippen LogP contribution in [-0.4, -0.2) is 9.78 Å². The Labute approximate surface area is 120 Å². The molecule has 0 spiro atoms. The van der Waals surface area contributed by atoms with Gasteiger partial charge in [0, 0.05) is 27.9 Å². The van der Waals surface area contributed by atoms with Crippen LogP contribution in [0.15, 0.2) is 34.9 Å². The van der Waals surface area contributed by atoms with Crippen molar-refractivity contribution in [3.63, 3.8) is 0 Å². The molecule has 1 aromatic carbocycles. The molecule has 3 nitrogen and oxygen atoms in total. The monoisotopic (exact) mass is 327 g/mol. The normalized spacial score (nSPS) is 10.6. The number of rotatable bonds is 5. The summed E-state index contributed by atoms with van der Waals surface area (Å²) in [6, 6.07) is 7.75. The first kappa shape index (κ1) is 13.4. The lowest BCUT2D eigenvalue weighted by atomic mass is 10.3. The lowest BCUT2D eigenvalue weighted by Crippen LogP contribution is -2.09. The van der Waals surface area contributed by atoms with E-state index in [2.05, 4.69) is 33.3 Å². The molecule has 0 atom stereocenters. The highest BCUT2D eigenvalue weighted by molar-refractivity contribution is 9.10. The second-order valence-corrected chi connectivity index (χ2v) is 5.31. The number of benzene rings is 1. The van der Waals surface area contributed by atoms with Crippen LogP contribution in [0.3, 0.4) is 0 Å². The molecule has 0 aliphatic heterocycles. The fourth-order valence-corrected chi connectivity index (χ4v) is 2.56. The number of nitrogens with one attached hydrogen (secondary N) is 1. The third-order valence-corrected chi connectivity index (χ3v) is 3.52. The highest BCUT2D eigenvalue weighted by atomic mass is 79.9. The van der Waals surface area contributed by atoms with E-state index in [-0.39, 0.29) is 0 Å². The van der Waals surface area contributed by atoms with Gasteiger partial charge in [-0.2, -0.15) is 5.10 Å². The third kappa shape index (κ3) is 3.27. The van der Waals surface area contributed by atoms with Gasteiger partial charge in [0.2, 0.25) is 0 Å². The van der Waals surface area contributed by atoms with Crippen LogP contribution in [0.4, 0.5) is 5.69 Å². The Morgan fingerprint density at radius 2 is 2.22 bits per heavy atom. The van der Waals surface area contributed by atoms with E-state index in [1.165, 1.54) is 5.69 Å². The minimum absolute atomic E-state index is 0.725. The van der Waals surface area contributed by atoms with E-state index in [1.54, 1.807) is 0 Å². The number of halogens is 2. The molecule has 0 aliphatic carbocycles. The van der Waals surface area contributed by atoms with E-state index < -0.39 is 0 Å². The van der Waals surface area contributed by atoms with Crippen molar-refractivity contribution in [3.05, 3.63) is 45.7 Å². The second-order valence-electron chi connectivity index (χ2n) is 4.02. The maximum absolute atomic E-state index is 5.91. The van der Waals surface area contributed by atoms with E-state index in [0.717, 1.165) is 34.7 Å². The summed E-state index contributed by atoms with van der Waals surface area (Å²) < 4.78 is 2.99. The topological polar surface area (TPSA) is 29.9 Å². The van der Waals surface area contributed by atoms with Gasteiger partial charge < -0.3 is 5.32 Å². The molecular formula is C13H15BrClN3. The summed E-state index contributed by atoms with van der Waals surface area (Å²) in [7, 11) is 0. The minimum Gasteiger partial charge on any atom is -0.378 e. The summed E-state index contributed by atoms with van der Waals surface area (Å²) in [6.07, 6.45) is 2.92. The molecule has 5 heteroatoms. The fraction of sp³-hybridized carbons (Fsp3) is 0.308. The first-order valence-electron chi connectivity index (χ1n) is 5.90. The zero-order valence-corrected chi connectivity index (χ0v) is 12.5. The highest BCUT2D eigenvalue weighted by Gasteiger charge is 2.04. The van der Waals surface area contributed by atoms with Crippen molar-refractivity contribution in [2.75, 3.05) is 5.32 Å². The molecule has 1 aromatic heterocycles. The van der Waals surface area contributed by atoms with Gasteiger partial charge in [-0.15, -0.1) is 0 Å². The Morgan fingerprint density at radius 1 is 1.39 bits per heavy atom. The predicted octanol–water partition coefficient (Wildman–Crippen LogP) is 4.32. The summed E-state index contributed by atoms with van der Waals surface area (Å²) in [5, 5.41) is 8.40. The van der Waals surface area contributed by atoms with Gasteiger partial charge in [-0.1, -0.05) is 18.5 Å². The second kappa shape index (κ2) is 6.25. The predicted molar refractivity (Wildman–Crippen MR) is 79.0 cm³/mol. The van der Waals surface area contributed by atoms with Crippen molar-refractivity contribution in [2.24, 2.45) is 0 Å². The van der Waals surface area contributed by atoms with Crippen molar-refractivity contribution < 1.29 is 0 Å². The van der Waals surface area contributed by atoms with Gasteiger partial charge in [0.1, 0.15) is 0 Å². The molecule has 0 amide bonds. The molecule has 0 bridgehead atoms. The number of aryl methyl sites for hydroxylation is 1. The largest absolute Gasteiger partial charge is 0.378 e. The van der Waals surface area contributed by atoms with Crippen molar-refractivity contribution in [1.82, 2.24) is 9.78 Å². The number of anilines is 1. The number of aromatic nitrogens is 2. The summed E-state index contributed by atoms with van der Waals surface area (Å²) >= 11 is 9.40. The smallest absolute Gasteiger partial charge is 0.0575 e. The summed E-state index contributed by atoms with van der Waals surface area (Å²) in [4.78, 5) is 0. The standard InChI is InChI=1S/C13H15BrClN3/c1-2-7-18-11(5-6-17-18)9-16-13-4-3-10(15)8-12(13)14/h3-6,8,16H,2,7,9H2,1H3. The molecule has 0 fully saturated rings. The van der Waals surface area contributed by atoms with Crippen LogP contribution in [-0.2, 0) is 13.1 Å². The van der Waals surface area contributed by atoms with Crippen LogP contribution in [0.5, 0.6) is 0 Å². The fourth-order valence-electron chi connectivity index (χ4n) is 1.74. The maximum Gasteiger partial charge on any atom is 0.0575 e. The number of hydrogen-bond donors (Lipinski definition) is 1. The average molecular weight is 329 g/mol. The Kier molecular flexibility index (Phi) is 4.66. The Morgan fingerprint density at radius 3 is 2.94 bits per heavy atom. The molecule has 0 radical (unpaired) electrons. The first-order valence-corrected chi connectivity index (χ1v) is 7.07. The van der Waals surface area contributed by atoms with E-state index in [1.807, 2.05) is 35.1 Å². The van der Waals surface area contributed by atoms with Crippen molar-refractivity contribution >= 4 is 33.2 Å². The van der Waals surface area contributed by atoms with Gasteiger partial charge >= 0.3 is 0 Å². The van der Waals surface area contributed by atoms with Gasteiger partial charge in [0.05, 0.1) is 12.2 Å². The molecule has 1 N–H and O–H groups in total. The molecule has 96 valence electrons. The molecule has 0 aliphatic rings. The Hall–Kier alpha value is -1.000. The zero-order chi connectivity index (χ0) is 13.0. The molecule has 1 heterocycles. The van der Waals surface area contributed by atoms with Crippen molar-refractivity contribution in [3.8, 4) is 0 Å². The lowest BCUT2D eigenvalue weighted by molar-refractivity contribution is 0.578. The van der Waals surface area contributed by atoms with Gasteiger partial charge in [-0.05, 0) is 46.6 Å².